The molecule has 0 saturated carbocycles. The smallest absolute Gasteiger partial charge is 0.0101 e. The fourth-order valence-corrected chi connectivity index (χ4v) is 6.21. The van der Waals surface area contributed by atoms with Crippen molar-refractivity contribution < 1.29 is 0 Å². The zero-order chi connectivity index (χ0) is 14.4. The largest absolute Gasteiger partial charge is 0.300 e. The highest BCUT2D eigenvalue weighted by Gasteiger charge is 2.40. The van der Waals surface area contributed by atoms with Crippen LogP contribution in [-0.2, 0) is 0 Å². The maximum absolute atomic E-state index is 2.92. The maximum atomic E-state index is 2.92. The Morgan fingerprint density at radius 1 is 0.810 bits per heavy atom. The number of hydrogen-bond acceptors (Lipinski definition) is 2. The van der Waals surface area contributed by atoms with E-state index in [0.717, 1.165) is 36.0 Å². The monoisotopic (exact) mass is 290 g/mol. The van der Waals surface area contributed by atoms with Crippen molar-refractivity contribution in [2.75, 3.05) is 13.6 Å². The third-order valence-corrected chi connectivity index (χ3v) is 7.35. The molecule has 4 atom stereocenters. The van der Waals surface area contributed by atoms with Gasteiger partial charge < -0.3 is 4.90 Å². The molecule has 4 aliphatic rings. The normalized spacial score (nSPS) is 47.7. The number of piperidine rings is 3. The standard InChI is InChI=1S/C19H34N2/c1-14-10-18-6-7-19(11-14)21(18)9-8-15-12-16-4-3-5-17(13-15)20(16)2/h14-19H,3-13H2,1-2H3. The summed E-state index contributed by atoms with van der Waals surface area (Å²) >= 11 is 0. The quantitative estimate of drug-likeness (QED) is 0.778. The zero-order valence-corrected chi connectivity index (χ0v) is 14.1. The zero-order valence-electron chi connectivity index (χ0n) is 14.1. The number of fused-ring (bicyclic) bond motifs is 4. The molecule has 4 unspecified atom stereocenters. The van der Waals surface area contributed by atoms with Gasteiger partial charge >= 0.3 is 0 Å². The Morgan fingerprint density at radius 2 is 1.43 bits per heavy atom. The van der Waals surface area contributed by atoms with Crippen molar-refractivity contribution in [3.63, 3.8) is 0 Å². The first-order valence-corrected chi connectivity index (χ1v) is 9.68. The first-order chi connectivity index (χ1) is 10.2. The molecule has 0 amide bonds. The third-order valence-electron chi connectivity index (χ3n) is 7.35. The molecule has 0 aliphatic carbocycles. The van der Waals surface area contributed by atoms with Gasteiger partial charge in [-0.1, -0.05) is 13.3 Å². The van der Waals surface area contributed by atoms with Gasteiger partial charge in [-0.25, -0.2) is 0 Å². The van der Waals surface area contributed by atoms with Crippen LogP contribution in [0.5, 0.6) is 0 Å². The van der Waals surface area contributed by atoms with Crippen molar-refractivity contribution in [3.05, 3.63) is 0 Å². The Bertz CT molecular complexity index is 341. The lowest BCUT2D eigenvalue weighted by Crippen LogP contribution is -2.50. The van der Waals surface area contributed by atoms with Gasteiger partial charge in [-0.2, -0.15) is 0 Å². The average molecular weight is 290 g/mol. The van der Waals surface area contributed by atoms with Crippen molar-refractivity contribution in [1.82, 2.24) is 9.80 Å². The van der Waals surface area contributed by atoms with Crippen molar-refractivity contribution in [1.29, 1.82) is 0 Å². The van der Waals surface area contributed by atoms with E-state index < -0.39 is 0 Å². The van der Waals surface area contributed by atoms with E-state index >= 15 is 0 Å². The van der Waals surface area contributed by atoms with Gasteiger partial charge in [0.15, 0.2) is 0 Å². The summed E-state index contributed by atoms with van der Waals surface area (Å²) in [7, 11) is 2.39. The summed E-state index contributed by atoms with van der Waals surface area (Å²) in [5, 5.41) is 0. The topological polar surface area (TPSA) is 6.48 Å². The van der Waals surface area contributed by atoms with Gasteiger partial charge in [0, 0.05) is 24.2 Å². The van der Waals surface area contributed by atoms with E-state index in [1.807, 2.05) is 0 Å². The summed E-state index contributed by atoms with van der Waals surface area (Å²) in [6, 6.07) is 3.73. The third kappa shape index (κ3) is 2.79. The SMILES string of the molecule is CC1CC2CCC(C1)N2CCC1CC2CCCC(C1)N2C. The van der Waals surface area contributed by atoms with Gasteiger partial charge in [-0.05, 0) is 83.2 Å². The van der Waals surface area contributed by atoms with Gasteiger partial charge in [0.25, 0.3) is 0 Å². The second-order valence-corrected chi connectivity index (χ2v) is 8.73. The predicted octanol–water partition coefficient (Wildman–Crippen LogP) is 3.90. The van der Waals surface area contributed by atoms with Crippen molar-refractivity contribution in [2.45, 2.75) is 95.3 Å². The molecule has 120 valence electrons. The molecule has 0 spiro atoms. The van der Waals surface area contributed by atoms with E-state index in [1.165, 1.54) is 70.8 Å². The summed E-state index contributed by atoms with van der Waals surface area (Å²) in [5.74, 6) is 2.01. The van der Waals surface area contributed by atoms with Gasteiger partial charge in [-0.3, -0.25) is 4.90 Å². The molecule has 4 saturated heterocycles. The van der Waals surface area contributed by atoms with Crippen LogP contribution in [0.15, 0.2) is 0 Å². The summed E-state index contributed by atoms with van der Waals surface area (Å²) in [6.07, 6.45) is 14.8. The lowest BCUT2D eigenvalue weighted by molar-refractivity contribution is 0.0255. The van der Waals surface area contributed by atoms with E-state index in [9.17, 15) is 0 Å². The van der Waals surface area contributed by atoms with Crippen LogP contribution in [0.1, 0.15) is 71.1 Å². The van der Waals surface area contributed by atoms with Crippen LogP contribution in [-0.4, -0.2) is 47.6 Å². The van der Waals surface area contributed by atoms with Gasteiger partial charge in [0.1, 0.15) is 0 Å². The first kappa shape index (κ1) is 14.5. The molecule has 0 aromatic rings. The highest BCUT2D eigenvalue weighted by molar-refractivity contribution is 4.95. The number of hydrogen-bond donors (Lipinski definition) is 0. The van der Waals surface area contributed by atoms with Gasteiger partial charge in [0.2, 0.25) is 0 Å². The molecule has 2 heteroatoms. The van der Waals surface area contributed by atoms with Gasteiger partial charge in [-0.15, -0.1) is 0 Å². The Kier molecular flexibility index (Phi) is 4.04. The molecular weight excluding hydrogens is 256 g/mol. The van der Waals surface area contributed by atoms with Crippen LogP contribution in [0.2, 0.25) is 0 Å². The van der Waals surface area contributed by atoms with Crippen LogP contribution < -0.4 is 0 Å². The lowest BCUT2D eigenvalue weighted by atomic mass is 9.77. The highest BCUT2D eigenvalue weighted by Crippen LogP contribution is 2.41. The van der Waals surface area contributed by atoms with Crippen LogP contribution in [0.25, 0.3) is 0 Å². The Morgan fingerprint density at radius 3 is 2.05 bits per heavy atom. The van der Waals surface area contributed by atoms with Gasteiger partial charge in [0.05, 0.1) is 0 Å². The fourth-order valence-electron chi connectivity index (χ4n) is 6.21. The Hall–Kier alpha value is -0.0800. The van der Waals surface area contributed by atoms with Crippen LogP contribution >= 0.6 is 0 Å². The molecule has 2 nitrogen and oxygen atoms in total. The molecule has 0 radical (unpaired) electrons. The minimum absolute atomic E-state index is 0.917. The van der Waals surface area contributed by atoms with Crippen LogP contribution in [0.4, 0.5) is 0 Å². The molecule has 4 heterocycles. The summed E-state index contributed by atoms with van der Waals surface area (Å²) in [6.45, 7) is 3.89. The first-order valence-electron chi connectivity index (χ1n) is 9.68. The predicted molar refractivity (Wildman–Crippen MR) is 88.4 cm³/mol. The number of rotatable bonds is 3. The highest BCUT2D eigenvalue weighted by atomic mass is 15.2. The van der Waals surface area contributed by atoms with E-state index in [-0.39, 0.29) is 0 Å². The second kappa shape index (κ2) is 5.85. The van der Waals surface area contributed by atoms with Crippen molar-refractivity contribution in [2.24, 2.45) is 11.8 Å². The average Bonchev–Trinajstić information content (AvgIpc) is 2.68. The maximum Gasteiger partial charge on any atom is 0.0101 e. The van der Waals surface area contributed by atoms with E-state index in [1.54, 1.807) is 0 Å². The van der Waals surface area contributed by atoms with Crippen molar-refractivity contribution >= 4 is 0 Å². The fraction of sp³-hybridized carbons (Fsp3) is 1.00. The minimum Gasteiger partial charge on any atom is -0.300 e. The van der Waals surface area contributed by atoms with Crippen LogP contribution in [0, 0.1) is 11.8 Å². The van der Waals surface area contributed by atoms with E-state index in [4.69, 9.17) is 0 Å². The molecule has 4 fully saturated rings. The minimum atomic E-state index is 0.917. The molecule has 0 aromatic carbocycles. The molecule has 4 rings (SSSR count). The molecule has 0 N–H and O–H groups in total. The van der Waals surface area contributed by atoms with E-state index in [0.29, 0.717) is 0 Å². The molecule has 4 bridgehead atoms. The molecule has 0 aromatic heterocycles. The number of nitrogens with zero attached hydrogens (tertiary/aromatic N) is 2. The lowest BCUT2D eigenvalue weighted by Gasteiger charge is -2.48. The van der Waals surface area contributed by atoms with Crippen molar-refractivity contribution in [3.8, 4) is 0 Å². The summed E-state index contributed by atoms with van der Waals surface area (Å²) in [4.78, 5) is 5.64. The molecule has 21 heavy (non-hydrogen) atoms. The second-order valence-electron chi connectivity index (χ2n) is 8.73. The van der Waals surface area contributed by atoms with Crippen LogP contribution in [0.3, 0.4) is 0 Å². The Labute approximate surface area is 131 Å². The summed E-state index contributed by atoms with van der Waals surface area (Å²) < 4.78 is 0. The molecule has 4 aliphatic heterocycles. The van der Waals surface area contributed by atoms with E-state index in [2.05, 4.69) is 23.8 Å². The summed E-state index contributed by atoms with van der Waals surface area (Å²) in [5.41, 5.74) is 0. The molecular formula is C19H34N2. The Balaban J connectivity index is 1.32.